The molecule has 1 aliphatic heterocycles. The summed E-state index contributed by atoms with van der Waals surface area (Å²) in [5.74, 6) is -1.53. The third-order valence-corrected chi connectivity index (χ3v) is 6.49. The number of halogens is 1. The van der Waals surface area contributed by atoms with Crippen LogP contribution in [0.5, 0.6) is 5.75 Å². The Morgan fingerprint density at radius 3 is 2.65 bits per heavy atom. The van der Waals surface area contributed by atoms with E-state index in [0.29, 0.717) is 31.4 Å². The lowest BCUT2D eigenvalue weighted by molar-refractivity contribution is -0.133. The molecule has 37 heavy (non-hydrogen) atoms. The molecule has 2 N–H and O–H groups in total. The van der Waals surface area contributed by atoms with Gasteiger partial charge in [0.2, 0.25) is 5.91 Å². The van der Waals surface area contributed by atoms with Crippen molar-refractivity contribution < 1.29 is 23.8 Å². The van der Waals surface area contributed by atoms with E-state index in [0.717, 1.165) is 24.0 Å². The summed E-state index contributed by atoms with van der Waals surface area (Å²) in [6, 6.07) is 7.42. The minimum atomic E-state index is -0.728. The van der Waals surface area contributed by atoms with Crippen LogP contribution >= 0.6 is 0 Å². The molecule has 1 aliphatic rings. The van der Waals surface area contributed by atoms with Gasteiger partial charge in [0.15, 0.2) is 5.75 Å². The molecule has 4 rings (SSSR count). The molecule has 1 aromatic carbocycles. The molecular weight excluding hydrogens is 479 g/mol. The fourth-order valence-corrected chi connectivity index (χ4v) is 4.61. The Balaban J connectivity index is 1.76. The standard InChI is InChI=1S/C27H31FN4O5/c1-17(16-37-2)30-26(35)23-25(34)24-21(14-19(15-29-24)13-18-6-8-20(28)9-7-18)32(27(23)36)12-11-31-10-4-3-5-22(31)33/h6-9,14-15,17,34H,3-5,10-13,16H2,1-2H3,(H,30,35). The summed E-state index contributed by atoms with van der Waals surface area (Å²) in [6.45, 7) is 2.99. The number of rotatable bonds is 9. The van der Waals surface area contributed by atoms with Crippen LogP contribution in [-0.4, -0.2) is 64.2 Å². The summed E-state index contributed by atoms with van der Waals surface area (Å²) < 4.78 is 19.8. The lowest BCUT2D eigenvalue weighted by Crippen LogP contribution is -2.41. The zero-order chi connectivity index (χ0) is 26.5. The number of hydrogen-bond donors (Lipinski definition) is 2. The second-order valence-corrected chi connectivity index (χ2v) is 9.36. The largest absolute Gasteiger partial charge is 0.505 e. The average molecular weight is 511 g/mol. The molecule has 0 spiro atoms. The van der Waals surface area contributed by atoms with E-state index in [1.165, 1.54) is 23.8 Å². The zero-order valence-corrected chi connectivity index (χ0v) is 21.0. The van der Waals surface area contributed by atoms with Crippen molar-refractivity contribution in [2.24, 2.45) is 0 Å². The third kappa shape index (κ3) is 5.96. The van der Waals surface area contributed by atoms with Crippen molar-refractivity contribution >= 4 is 22.8 Å². The quantitative estimate of drug-likeness (QED) is 0.458. The van der Waals surface area contributed by atoms with E-state index < -0.39 is 28.8 Å². The van der Waals surface area contributed by atoms with E-state index in [-0.39, 0.29) is 30.4 Å². The maximum absolute atomic E-state index is 13.6. The van der Waals surface area contributed by atoms with Crippen LogP contribution in [0.2, 0.25) is 0 Å². The van der Waals surface area contributed by atoms with Crippen molar-refractivity contribution in [3.63, 3.8) is 0 Å². The summed E-state index contributed by atoms with van der Waals surface area (Å²) in [5, 5.41) is 13.6. The number of fused-ring (bicyclic) bond motifs is 1. The molecule has 3 heterocycles. The van der Waals surface area contributed by atoms with Crippen molar-refractivity contribution in [3.8, 4) is 5.75 Å². The van der Waals surface area contributed by atoms with Gasteiger partial charge in [-0.2, -0.15) is 0 Å². The second-order valence-electron chi connectivity index (χ2n) is 9.36. The fraction of sp³-hybridized carbons (Fsp3) is 0.407. The number of amides is 2. The second kappa shape index (κ2) is 11.5. The Morgan fingerprint density at radius 2 is 1.95 bits per heavy atom. The van der Waals surface area contributed by atoms with Gasteiger partial charge < -0.3 is 24.6 Å². The normalized spacial score (nSPS) is 14.7. The summed E-state index contributed by atoms with van der Waals surface area (Å²) in [5.41, 5.74) is 0.982. The van der Waals surface area contributed by atoms with Gasteiger partial charge in [-0.1, -0.05) is 12.1 Å². The highest BCUT2D eigenvalue weighted by atomic mass is 19.1. The van der Waals surface area contributed by atoms with Gasteiger partial charge in [-0.05, 0) is 55.5 Å². The van der Waals surface area contributed by atoms with Crippen LogP contribution in [0.1, 0.15) is 47.7 Å². The summed E-state index contributed by atoms with van der Waals surface area (Å²) in [7, 11) is 1.50. The average Bonchev–Trinajstić information content (AvgIpc) is 2.86. The molecule has 2 amide bonds. The predicted molar refractivity (Wildman–Crippen MR) is 136 cm³/mol. The monoisotopic (exact) mass is 510 g/mol. The number of likely N-dealkylation sites (tertiary alicyclic amines) is 1. The van der Waals surface area contributed by atoms with Gasteiger partial charge in [-0.25, -0.2) is 4.39 Å². The molecule has 0 aliphatic carbocycles. The minimum absolute atomic E-state index is 0.0314. The first kappa shape index (κ1) is 26.3. The summed E-state index contributed by atoms with van der Waals surface area (Å²) in [4.78, 5) is 45.0. The lowest BCUT2D eigenvalue weighted by Gasteiger charge is -2.27. The number of nitrogens with one attached hydrogen (secondary N) is 1. The van der Waals surface area contributed by atoms with E-state index in [1.807, 2.05) is 0 Å². The summed E-state index contributed by atoms with van der Waals surface area (Å²) >= 11 is 0. The number of piperidine rings is 1. The molecule has 3 aromatic rings. The number of carbonyl (C=O) groups excluding carboxylic acids is 2. The number of hydrogen-bond acceptors (Lipinski definition) is 6. The number of aromatic nitrogens is 2. The molecule has 1 unspecified atom stereocenters. The van der Waals surface area contributed by atoms with Crippen molar-refractivity contribution in [3.05, 3.63) is 69.4 Å². The van der Waals surface area contributed by atoms with Crippen LogP contribution in [-0.2, 0) is 22.5 Å². The number of ether oxygens (including phenoxy) is 1. The smallest absolute Gasteiger partial charge is 0.267 e. The van der Waals surface area contributed by atoms with Crippen LogP contribution in [0.15, 0.2) is 41.3 Å². The SMILES string of the molecule is COCC(C)NC(=O)c1c(O)c2ncc(Cc3ccc(F)cc3)cc2n(CCN2CCCCC2=O)c1=O. The van der Waals surface area contributed by atoms with Gasteiger partial charge in [0.25, 0.3) is 11.5 Å². The Labute approximate surface area is 213 Å². The first-order valence-corrected chi connectivity index (χ1v) is 12.3. The first-order valence-electron chi connectivity index (χ1n) is 12.3. The zero-order valence-electron chi connectivity index (χ0n) is 21.0. The Morgan fingerprint density at radius 1 is 1.19 bits per heavy atom. The van der Waals surface area contributed by atoms with Gasteiger partial charge in [-0.3, -0.25) is 19.4 Å². The van der Waals surface area contributed by atoms with Gasteiger partial charge in [0, 0.05) is 45.4 Å². The number of pyridine rings is 2. The predicted octanol–water partition coefficient (Wildman–Crippen LogP) is 2.61. The fourth-order valence-electron chi connectivity index (χ4n) is 4.61. The van der Waals surface area contributed by atoms with Crippen LogP contribution in [0.4, 0.5) is 4.39 Å². The van der Waals surface area contributed by atoms with E-state index in [4.69, 9.17) is 4.74 Å². The van der Waals surface area contributed by atoms with Crippen LogP contribution in [0, 0.1) is 5.82 Å². The number of carbonyl (C=O) groups is 2. The van der Waals surface area contributed by atoms with Crippen molar-refractivity contribution in [1.29, 1.82) is 0 Å². The molecule has 10 heteroatoms. The Hall–Kier alpha value is -3.79. The Bertz CT molecular complexity index is 1360. The van der Waals surface area contributed by atoms with Gasteiger partial charge in [0.1, 0.15) is 16.9 Å². The number of aromatic hydroxyl groups is 1. The van der Waals surface area contributed by atoms with Crippen molar-refractivity contribution in [2.75, 3.05) is 26.8 Å². The first-order chi connectivity index (χ1) is 17.8. The maximum Gasteiger partial charge on any atom is 0.267 e. The third-order valence-electron chi connectivity index (χ3n) is 6.49. The highest BCUT2D eigenvalue weighted by molar-refractivity contribution is 6.01. The highest BCUT2D eigenvalue weighted by Crippen LogP contribution is 2.26. The van der Waals surface area contributed by atoms with E-state index in [9.17, 15) is 23.9 Å². The molecule has 0 bridgehead atoms. The van der Waals surface area contributed by atoms with Crippen LogP contribution in [0.3, 0.4) is 0 Å². The number of benzene rings is 1. The Kier molecular flexibility index (Phi) is 8.17. The topological polar surface area (TPSA) is 114 Å². The van der Waals surface area contributed by atoms with Crippen molar-refractivity contribution in [1.82, 2.24) is 19.8 Å². The molecule has 0 radical (unpaired) electrons. The molecule has 2 aromatic heterocycles. The minimum Gasteiger partial charge on any atom is -0.505 e. The van der Waals surface area contributed by atoms with E-state index >= 15 is 0 Å². The van der Waals surface area contributed by atoms with E-state index in [2.05, 4.69) is 10.3 Å². The molecule has 0 saturated carbocycles. The molecule has 1 saturated heterocycles. The number of nitrogens with zero attached hydrogens (tertiary/aromatic N) is 3. The van der Waals surface area contributed by atoms with Crippen LogP contribution in [0.25, 0.3) is 11.0 Å². The lowest BCUT2D eigenvalue weighted by atomic mass is 10.0. The van der Waals surface area contributed by atoms with Crippen molar-refractivity contribution in [2.45, 2.75) is 45.2 Å². The molecule has 196 valence electrons. The van der Waals surface area contributed by atoms with Gasteiger partial charge in [0.05, 0.1) is 12.1 Å². The highest BCUT2D eigenvalue weighted by Gasteiger charge is 2.25. The molecule has 9 nitrogen and oxygen atoms in total. The van der Waals surface area contributed by atoms with E-state index in [1.54, 1.807) is 36.2 Å². The van der Waals surface area contributed by atoms with Gasteiger partial charge >= 0.3 is 0 Å². The maximum atomic E-state index is 13.6. The molecular formula is C27H31FN4O5. The molecule has 1 atom stereocenters. The molecule has 1 fully saturated rings. The van der Waals surface area contributed by atoms with Gasteiger partial charge in [-0.15, -0.1) is 0 Å². The summed E-state index contributed by atoms with van der Waals surface area (Å²) in [6.07, 6.45) is 4.20. The number of methoxy groups -OCH3 is 1. The van der Waals surface area contributed by atoms with Crippen LogP contribution < -0.4 is 10.9 Å².